The lowest BCUT2D eigenvalue weighted by Gasteiger charge is -2.38. The lowest BCUT2D eigenvalue weighted by molar-refractivity contribution is -0.106. The monoisotopic (exact) mass is 335 g/mol. The average molecular weight is 335 g/mol. The van der Waals surface area contributed by atoms with Crippen LogP contribution in [0.3, 0.4) is 0 Å². The van der Waals surface area contributed by atoms with E-state index < -0.39 is 0 Å². The molecule has 7 heteroatoms. The second kappa shape index (κ2) is 7.42. The first-order chi connectivity index (χ1) is 10.6. The summed E-state index contributed by atoms with van der Waals surface area (Å²) in [6, 6.07) is 8.74. The molecule has 0 spiro atoms. The summed E-state index contributed by atoms with van der Waals surface area (Å²) < 4.78 is 0. The maximum absolute atomic E-state index is 12.8. The SMILES string of the molecule is CCN1CCN(C(=O)N(CC=O)c2ccccc2)C(=S)C1=S. The molecule has 1 fully saturated rings. The first-order valence-electron chi connectivity index (χ1n) is 7.01. The van der Waals surface area contributed by atoms with Crippen LogP contribution in [0.2, 0.25) is 0 Å². The van der Waals surface area contributed by atoms with Crippen LogP contribution in [0.4, 0.5) is 10.5 Å². The third kappa shape index (κ3) is 3.31. The lowest BCUT2D eigenvalue weighted by atomic mass is 10.2. The number of nitrogens with zero attached hydrogens (tertiary/aromatic N) is 3. The van der Waals surface area contributed by atoms with Gasteiger partial charge in [-0.15, -0.1) is 0 Å². The van der Waals surface area contributed by atoms with Crippen molar-refractivity contribution in [1.82, 2.24) is 9.80 Å². The Morgan fingerprint density at radius 2 is 1.91 bits per heavy atom. The van der Waals surface area contributed by atoms with Crippen molar-refractivity contribution in [1.29, 1.82) is 0 Å². The number of anilines is 1. The summed E-state index contributed by atoms with van der Waals surface area (Å²) in [5.41, 5.74) is 0.659. The van der Waals surface area contributed by atoms with Crippen molar-refractivity contribution in [2.75, 3.05) is 31.1 Å². The van der Waals surface area contributed by atoms with Gasteiger partial charge >= 0.3 is 6.03 Å². The van der Waals surface area contributed by atoms with Gasteiger partial charge in [-0.25, -0.2) is 4.79 Å². The van der Waals surface area contributed by atoms with Crippen molar-refractivity contribution in [3.8, 4) is 0 Å². The highest BCUT2D eigenvalue weighted by molar-refractivity contribution is 7.89. The summed E-state index contributed by atoms with van der Waals surface area (Å²) in [5.74, 6) is 0. The van der Waals surface area contributed by atoms with Crippen LogP contribution in [0.5, 0.6) is 0 Å². The molecule has 1 aliphatic heterocycles. The molecule has 116 valence electrons. The molecule has 5 nitrogen and oxygen atoms in total. The van der Waals surface area contributed by atoms with Gasteiger partial charge < -0.3 is 9.69 Å². The number of hydrogen-bond acceptors (Lipinski definition) is 4. The molecule has 22 heavy (non-hydrogen) atoms. The number of likely N-dealkylation sites (N-methyl/N-ethyl adjacent to an activating group) is 1. The van der Waals surface area contributed by atoms with Crippen LogP contribution in [0.25, 0.3) is 0 Å². The van der Waals surface area contributed by atoms with E-state index in [2.05, 4.69) is 0 Å². The Hall–Kier alpha value is -1.86. The lowest BCUT2D eigenvalue weighted by Crippen LogP contribution is -2.57. The van der Waals surface area contributed by atoms with E-state index in [1.165, 1.54) is 9.80 Å². The maximum atomic E-state index is 12.8. The van der Waals surface area contributed by atoms with Gasteiger partial charge in [0.2, 0.25) is 0 Å². The topological polar surface area (TPSA) is 43.9 Å². The minimum absolute atomic E-state index is 0.0216. The average Bonchev–Trinajstić information content (AvgIpc) is 2.55. The molecular formula is C15H17N3O2S2. The summed E-state index contributed by atoms with van der Waals surface area (Å²) >= 11 is 10.6. The molecule has 1 aliphatic rings. The fourth-order valence-corrected chi connectivity index (χ4v) is 2.91. The Morgan fingerprint density at radius 3 is 2.50 bits per heavy atom. The third-order valence-corrected chi connectivity index (χ3v) is 4.47. The predicted molar refractivity (Wildman–Crippen MR) is 94.4 cm³/mol. The second-order valence-corrected chi connectivity index (χ2v) is 5.51. The van der Waals surface area contributed by atoms with Gasteiger partial charge in [0, 0.05) is 25.3 Å². The van der Waals surface area contributed by atoms with E-state index in [0.29, 0.717) is 35.0 Å². The number of piperazine rings is 1. The molecule has 0 N–H and O–H groups in total. The zero-order chi connectivity index (χ0) is 16.1. The molecule has 2 amide bonds. The van der Waals surface area contributed by atoms with E-state index in [1.54, 1.807) is 12.1 Å². The van der Waals surface area contributed by atoms with Crippen LogP contribution in [0, 0.1) is 0 Å². The van der Waals surface area contributed by atoms with E-state index in [-0.39, 0.29) is 12.6 Å². The molecule has 1 aromatic rings. The standard InChI is InChI=1S/C15H17N3O2S2/c1-2-16-8-9-18(14(22)13(16)21)15(20)17(10-11-19)12-6-4-3-5-7-12/h3-7,11H,2,8-10H2,1H3. The van der Waals surface area contributed by atoms with Crippen molar-refractivity contribution in [3.63, 3.8) is 0 Å². The highest BCUT2D eigenvalue weighted by atomic mass is 32.1. The van der Waals surface area contributed by atoms with Crippen LogP contribution in [0.1, 0.15) is 6.92 Å². The van der Waals surface area contributed by atoms with Gasteiger partial charge in [-0.2, -0.15) is 0 Å². The normalized spacial score (nSPS) is 15.0. The third-order valence-electron chi connectivity index (χ3n) is 3.48. The van der Waals surface area contributed by atoms with E-state index in [4.69, 9.17) is 24.4 Å². The Kier molecular flexibility index (Phi) is 5.57. The summed E-state index contributed by atoms with van der Waals surface area (Å²) in [7, 11) is 0. The van der Waals surface area contributed by atoms with E-state index in [1.807, 2.05) is 30.0 Å². The van der Waals surface area contributed by atoms with Crippen molar-refractivity contribution < 1.29 is 9.59 Å². The summed E-state index contributed by atoms with van der Waals surface area (Å²) in [6.45, 7) is 3.85. The number of para-hydroxylation sites is 1. The van der Waals surface area contributed by atoms with Gasteiger partial charge in [-0.3, -0.25) is 9.80 Å². The zero-order valence-corrected chi connectivity index (χ0v) is 13.9. The number of amides is 2. The first-order valence-corrected chi connectivity index (χ1v) is 7.82. The second-order valence-electron chi connectivity index (χ2n) is 4.74. The Labute approximate surface area is 140 Å². The summed E-state index contributed by atoms with van der Waals surface area (Å²) in [4.78, 5) is 29.4. The number of aldehydes is 1. The van der Waals surface area contributed by atoms with E-state index >= 15 is 0 Å². The number of carbonyl (C=O) groups excluding carboxylic acids is 2. The van der Waals surface area contributed by atoms with Gasteiger partial charge in [0.25, 0.3) is 0 Å². The number of carbonyl (C=O) groups is 2. The highest BCUT2D eigenvalue weighted by Crippen LogP contribution is 2.17. The molecule has 1 heterocycles. The van der Waals surface area contributed by atoms with Crippen LogP contribution < -0.4 is 4.90 Å². The fraction of sp³-hybridized carbons (Fsp3) is 0.333. The molecule has 2 rings (SSSR count). The molecule has 0 atom stereocenters. The molecular weight excluding hydrogens is 318 g/mol. The van der Waals surface area contributed by atoms with Gasteiger partial charge in [0.1, 0.15) is 16.3 Å². The smallest absolute Gasteiger partial charge is 0.330 e. The van der Waals surface area contributed by atoms with Crippen molar-refractivity contribution >= 4 is 52.4 Å². The van der Waals surface area contributed by atoms with Gasteiger partial charge in [0.05, 0.1) is 6.54 Å². The van der Waals surface area contributed by atoms with Gasteiger partial charge in [-0.1, -0.05) is 42.6 Å². The quantitative estimate of drug-likeness (QED) is 0.623. The highest BCUT2D eigenvalue weighted by Gasteiger charge is 2.32. The Morgan fingerprint density at radius 1 is 1.23 bits per heavy atom. The van der Waals surface area contributed by atoms with Gasteiger partial charge in [0.15, 0.2) is 0 Å². The number of urea groups is 1. The summed E-state index contributed by atoms with van der Waals surface area (Å²) in [5, 5.41) is 0. The predicted octanol–water partition coefficient (Wildman–Crippen LogP) is 2.10. The Bertz CT molecular complexity index is 592. The molecule has 1 aromatic carbocycles. The van der Waals surface area contributed by atoms with E-state index in [9.17, 15) is 9.59 Å². The van der Waals surface area contributed by atoms with Crippen molar-refractivity contribution in [3.05, 3.63) is 30.3 Å². The van der Waals surface area contributed by atoms with E-state index in [0.717, 1.165) is 6.54 Å². The summed E-state index contributed by atoms with van der Waals surface area (Å²) in [6.07, 6.45) is 0.703. The van der Waals surface area contributed by atoms with Crippen LogP contribution in [-0.4, -0.2) is 58.3 Å². The first kappa shape index (κ1) is 16.5. The molecule has 0 bridgehead atoms. The maximum Gasteiger partial charge on any atom is 0.330 e. The van der Waals surface area contributed by atoms with Crippen molar-refractivity contribution in [2.24, 2.45) is 0 Å². The molecule has 0 aromatic heterocycles. The molecule has 0 saturated carbocycles. The zero-order valence-electron chi connectivity index (χ0n) is 12.3. The van der Waals surface area contributed by atoms with Crippen LogP contribution in [-0.2, 0) is 4.79 Å². The van der Waals surface area contributed by atoms with Gasteiger partial charge in [-0.05, 0) is 19.1 Å². The fourth-order valence-electron chi connectivity index (χ4n) is 2.28. The number of benzene rings is 1. The molecule has 0 radical (unpaired) electrons. The minimum atomic E-state index is -0.318. The molecule has 0 unspecified atom stereocenters. The van der Waals surface area contributed by atoms with Crippen molar-refractivity contribution in [2.45, 2.75) is 6.92 Å². The number of hydrogen-bond donors (Lipinski definition) is 0. The Balaban J connectivity index is 2.23. The number of thiocarbonyl (C=S) groups is 2. The van der Waals surface area contributed by atoms with Crippen LogP contribution in [0.15, 0.2) is 30.3 Å². The minimum Gasteiger partial charge on any atom is -0.359 e. The molecule has 0 aliphatic carbocycles. The number of rotatable bonds is 4. The van der Waals surface area contributed by atoms with Crippen LogP contribution >= 0.6 is 24.4 Å². The molecule has 1 saturated heterocycles. The largest absolute Gasteiger partial charge is 0.359 e.